The number of nitrogens with one attached hydrogen (secondary N) is 2. The van der Waals surface area contributed by atoms with Crippen molar-refractivity contribution in [2.75, 3.05) is 18.1 Å². The SMILES string of the molecule is CSc1ccccc1NC(=O)CCNS(=O)(=O)c1ccc(F)c(F)c1. The fraction of sp³-hybridized carbons (Fsp3) is 0.188. The Bertz CT molecular complexity index is 873. The van der Waals surface area contributed by atoms with E-state index in [0.717, 1.165) is 17.0 Å². The van der Waals surface area contributed by atoms with Gasteiger partial charge >= 0.3 is 0 Å². The summed E-state index contributed by atoms with van der Waals surface area (Å²) in [6.07, 6.45) is 1.77. The highest BCUT2D eigenvalue weighted by Gasteiger charge is 2.16. The summed E-state index contributed by atoms with van der Waals surface area (Å²) in [5.74, 6) is -2.76. The molecule has 0 bridgehead atoms. The summed E-state index contributed by atoms with van der Waals surface area (Å²) < 4.78 is 52.2. The van der Waals surface area contributed by atoms with Crippen LogP contribution in [-0.4, -0.2) is 27.1 Å². The summed E-state index contributed by atoms with van der Waals surface area (Å²) in [5, 5.41) is 2.70. The molecule has 0 saturated carbocycles. The van der Waals surface area contributed by atoms with E-state index in [1.165, 1.54) is 11.8 Å². The van der Waals surface area contributed by atoms with Crippen LogP contribution in [0.2, 0.25) is 0 Å². The van der Waals surface area contributed by atoms with E-state index in [-0.39, 0.29) is 18.9 Å². The summed E-state index contributed by atoms with van der Waals surface area (Å²) in [4.78, 5) is 12.4. The van der Waals surface area contributed by atoms with Crippen molar-refractivity contribution in [3.05, 3.63) is 54.1 Å². The highest BCUT2D eigenvalue weighted by atomic mass is 32.2. The smallest absolute Gasteiger partial charge is 0.240 e. The van der Waals surface area contributed by atoms with Crippen LogP contribution in [0.15, 0.2) is 52.3 Å². The van der Waals surface area contributed by atoms with Gasteiger partial charge in [-0.3, -0.25) is 4.79 Å². The summed E-state index contributed by atoms with van der Waals surface area (Å²) in [7, 11) is -4.02. The van der Waals surface area contributed by atoms with E-state index >= 15 is 0 Å². The first-order valence-corrected chi connectivity index (χ1v) is 9.92. The van der Waals surface area contributed by atoms with Gasteiger partial charge in [-0.15, -0.1) is 11.8 Å². The predicted molar refractivity (Wildman–Crippen MR) is 93.0 cm³/mol. The van der Waals surface area contributed by atoms with Crippen LogP contribution in [0, 0.1) is 11.6 Å². The standard InChI is InChI=1S/C16H16F2N2O3S2/c1-24-15-5-3-2-4-14(15)20-16(21)8-9-19-25(22,23)11-6-7-12(17)13(18)10-11/h2-7,10,19H,8-9H2,1H3,(H,20,21). The van der Waals surface area contributed by atoms with E-state index in [1.807, 2.05) is 18.4 Å². The number of amides is 1. The molecule has 25 heavy (non-hydrogen) atoms. The molecular formula is C16H16F2N2O3S2. The van der Waals surface area contributed by atoms with Crippen molar-refractivity contribution in [1.29, 1.82) is 0 Å². The molecule has 0 aliphatic heterocycles. The number of carbonyl (C=O) groups is 1. The molecule has 0 saturated heterocycles. The summed E-state index contributed by atoms with van der Waals surface area (Å²) in [6, 6.07) is 9.50. The van der Waals surface area contributed by atoms with Gasteiger partial charge in [-0.1, -0.05) is 12.1 Å². The lowest BCUT2D eigenvalue weighted by atomic mass is 10.3. The Morgan fingerprint density at radius 2 is 1.84 bits per heavy atom. The highest BCUT2D eigenvalue weighted by molar-refractivity contribution is 7.98. The molecule has 134 valence electrons. The zero-order chi connectivity index (χ0) is 18.4. The molecule has 2 N–H and O–H groups in total. The number of halogens is 2. The second-order valence-corrected chi connectivity index (χ2v) is 7.59. The maximum atomic E-state index is 13.1. The number of hydrogen-bond acceptors (Lipinski definition) is 4. The topological polar surface area (TPSA) is 75.3 Å². The van der Waals surface area contributed by atoms with Crippen LogP contribution in [0.5, 0.6) is 0 Å². The Kier molecular flexibility index (Phi) is 6.51. The van der Waals surface area contributed by atoms with Gasteiger partial charge in [0.05, 0.1) is 10.6 Å². The van der Waals surface area contributed by atoms with Gasteiger partial charge in [0.25, 0.3) is 0 Å². The molecule has 2 aromatic carbocycles. The number of sulfonamides is 1. The molecule has 0 aliphatic rings. The van der Waals surface area contributed by atoms with Crippen LogP contribution in [0.1, 0.15) is 6.42 Å². The first kappa shape index (κ1) is 19.4. The van der Waals surface area contributed by atoms with Gasteiger partial charge in [0.15, 0.2) is 11.6 Å². The quantitative estimate of drug-likeness (QED) is 0.718. The van der Waals surface area contributed by atoms with Crippen molar-refractivity contribution in [2.24, 2.45) is 0 Å². The monoisotopic (exact) mass is 386 g/mol. The largest absolute Gasteiger partial charge is 0.325 e. The highest BCUT2D eigenvalue weighted by Crippen LogP contribution is 2.24. The molecule has 2 rings (SSSR count). The molecule has 0 aliphatic carbocycles. The zero-order valence-electron chi connectivity index (χ0n) is 13.3. The summed E-state index contributed by atoms with van der Waals surface area (Å²) in [5.41, 5.74) is 0.642. The van der Waals surface area contributed by atoms with E-state index in [4.69, 9.17) is 0 Å². The molecule has 0 atom stereocenters. The lowest BCUT2D eigenvalue weighted by Crippen LogP contribution is -2.28. The molecule has 9 heteroatoms. The van der Waals surface area contributed by atoms with Gasteiger partial charge in [0.2, 0.25) is 15.9 Å². The van der Waals surface area contributed by atoms with Crippen molar-refractivity contribution in [1.82, 2.24) is 4.72 Å². The third kappa shape index (κ3) is 5.25. The lowest BCUT2D eigenvalue weighted by Gasteiger charge is -2.10. The molecule has 2 aromatic rings. The van der Waals surface area contributed by atoms with Crippen LogP contribution in [0.4, 0.5) is 14.5 Å². The van der Waals surface area contributed by atoms with Gasteiger partial charge in [0.1, 0.15) is 0 Å². The van der Waals surface area contributed by atoms with Crippen molar-refractivity contribution in [3.63, 3.8) is 0 Å². The Hall–Kier alpha value is -1.97. The molecular weight excluding hydrogens is 370 g/mol. The van der Waals surface area contributed by atoms with Gasteiger partial charge in [0, 0.05) is 17.9 Å². The maximum absolute atomic E-state index is 13.1. The minimum absolute atomic E-state index is 0.106. The molecule has 0 unspecified atom stereocenters. The first-order chi connectivity index (χ1) is 11.8. The third-order valence-electron chi connectivity index (χ3n) is 3.23. The molecule has 1 amide bonds. The fourth-order valence-corrected chi connectivity index (χ4v) is 3.58. The van der Waals surface area contributed by atoms with E-state index < -0.39 is 26.6 Å². The molecule has 0 radical (unpaired) electrons. The minimum Gasteiger partial charge on any atom is -0.325 e. The van der Waals surface area contributed by atoms with Gasteiger partial charge in [-0.25, -0.2) is 21.9 Å². The Labute approximate surface area is 148 Å². The number of thioether (sulfide) groups is 1. The van der Waals surface area contributed by atoms with Crippen LogP contribution in [-0.2, 0) is 14.8 Å². The first-order valence-electron chi connectivity index (χ1n) is 7.21. The Morgan fingerprint density at radius 1 is 1.12 bits per heavy atom. The number of hydrogen-bond donors (Lipinski definition) is 2. The van der Waals surface area contributed by atoms with E-state index in [1.54, 1.807) is 12.1 Å². The van der Waals surface area contributed by atoms with Crippen molar-refractivity contribution >= 4 is 33.4 Å². The van der Waals surface area contributed by atoms with Gasteiger partial charge in [-0.2, -0.15) is 0 Å². The van der Waals surface area contributed by atoms with Crippen molar-refractivity contribution in [3.8, 4) is 0 Å². The summed E-state index contributed by atoms with van der Waals surface area (Å²) in [6.45, 7) is -0.172. The minimum atomic E-state index is -4.02. The molecule has 0 spiro atoms. The van der Waals surface area contributed by atoms with Crippen LogP contribution in [0.3, 0.4) is 0 Å². The van der Waals surface area contributed by atoms with Crippen molar-refractivity contribution in [2.45, 2.75) is 16.2 Å². The lowest BCUT2D eigenvalue weighted by molar-refractivity contribution is -0.116. The maximum Gasteiger partial charge on any atom is 0.240 e. The molecule has 0 aromatic heterocycles. The number of carbonyl (C=O) groups excluding carboxylic acids is 1. The Balaban J connectivity index is 1.93. The van der Waals surface area contributed by atoms with Crippen LogP contribution in [0.25, 0.3) is 0 Å². The van der Waals surface area contributed by atoms with Gasteiger partial charge < -0.3 is 5.32 Å². The average Bonchev–Trinajstić information content (AvgIpc) is 2.57. The fourth-order valence-electron chi connectivity index (χ4n) is 1.99. The second-order valence-electron chi connectivity index (χ2n) is 4.97. The number of para-hydroxylation sites is 1. The zero-order valence-corrected chi connectivity index (χ0v) is 14.9. The van der Waals surface area contributed by atoms with E-state index in [0.29, 0.717) is 11.8 Å². The molecule has 0 fully saturated rings. The molecule has 0 heterocycles. The molecule has 5 nitrogen and oxygen atoms in total. The number of anilines is 1. The third-order valence-corrected chi connectivity index (χ3v) is 5.48. The van der Waals surface area contributed by atoms with Crippen LogP contribution >= 0.6 is 11.8 Å². The average molecular weight is 386 g/mol. The second kappa shape index (κ2) is 8.41. The predicted octanol–water partition coefficient (Wildman–Crippen LogP) is 2.99. The van der Waals surface area contributed by atoms with Crippen molar-refractivity contribution < 1.29 is 22.0 Å². The van der Waals surface area contributed by atoms with Crippen LogP contribution < -0.4 is 10.0 Å². The summed E-state index contributed by atoms with van der Waals surface area (Å²) >= 11 is 1.47. The van der Waals surface area contributed by atoms with E-state index in [2.05, 4.69) is 10.0 Å². The van der Waals surface area contributed by atoms with Gasteiger partial charge in [-0.05, 0) is 36.6 Å². The normalized spacial score (nSPS) is 11.3. The number of benzene rings is 2. The van der Waals surface area contributed by atoms with E-state index in [9.17, 15) is 22.0 Å². The number of rotatable bonds is 7. The Morgan fingerprint density at radius 3 is 2.52 bits per heavy atom.